The van der Waals surface area contributed by atoms with Crippen molar-refractivity contribution in [2.75, 3.05) is 6.54 Å². The zero-order valence-electron chi connectivity index (χ0n) is 14.0. The highest BCUT2D eigenvalue weighted by Gasteiger charge is 2.41. The highest BCUT2D eigenvalue weighted by molar-refractivity contribution is 5.95. The molecule has 3 heterocycles. The van der Waals surface area contributed by atoms with E-state index in [9.17, 15) is 4.79 Å². The molecule has 1 aliphatic heterocycles. The Morgan fingerprint density at radius 2 is 2.00 bits per heavy atom. The zero-order chi connectivity index (χ0) is 16.9. The summed E-state index contributed by atoms with van der Waals surface area (Å²) in [6.45, 7) is 6.79. The molecule has 1 aromatic carbocycles. The van der Waals surface area contributed by atoms with Crippen LogP contribution in [-0.4, -0.2) is 42.9 Å². The van der Waals surface area contributed by atoms with Crippen LogP contribution in [0.3, 0.4) is 0 Å². The quantitative estimate of drug-likeness (QED) is 0.728. The molecule has 6 nitrogen and oxygen atoms in total. The molecule has 122 valence electrons. The van der Waals surface area contributed by atoms with E-state index in [1.54, 1.807) is 10.9 Å². The van der Waals surface area contributed by atoms with Gasteiger partial charge in [0.05, 0.1) is 16.9 Å². The Hall–Kier alpha value is -2.76. The number of carbonyl (C=O) groups excluding carboxylic acids is 1. The highest BCUT2D eigenvalue weighted by atomic mass is 16.2. The second-order valence-electron chi connectivity index (χ2n) is 6.81. The van der Waals surface area contributed by atoms with Gasteiger partial charge in [0, 0.05) is 23.7 Å². The number of hydrogen-bond acceptors (Lipinski definition) is 4. The number of nitrogens with zero attached hydrogens (tertiary/aromatic N) is 5. The fourth-order valence-corrected chi connectivity index (χ4v) is 3.19. The Balaban J connectivity index is 1.78. The maximum absolute atomic E-state index is 12.8. The molecule has 2 aromatic heterocycles. The number of benzene rings is 1. The monoisotopic (exact) mass is 321 g/mol. The number of rotatable bonds is 2. The number of likely N-dealkylation sites (tertiary alicyclic amines) is 1. The molecule has 0 N–H and O–H groups in total. The van der Waals surface area contributed by atoms with E-state index in [4.69, 9.17) is 0 Å². The first-order valence-electron chi connectivity index (χ1n) is 8.07. The molecule has 24 heavy (non-hydrogen) atoms. The third kappa shape index (κ3) is 2.10. The second-order valence-corrected chi connectivity index (χ2v) is 6.81. The third-order valence-electron chi connectivity index (χ3n) is 4.86. The lowest BCUT2D eigenvalue weighted by Gasteiger charge is -2.48. The average Bonchev–Trinajstić information content (AvgIpc) is 2.95. The molecule has 0 unspecified atom stereocenters. The molecule has 4 rings (SSSR count). The summed E-state index contributed by atoms with van der Waals surface area (Å²) in [4.78, 5) is 19.1. The van der Waals surface area contributed by atoms with Crippen molar-refractivity contribution in [3.05, 3.63) is 47.9 Å². The molecule has 3 aromatic rings. The van der Waals surface area contributed by atoms with E-state index in [1.807, 2.05) is 42.2 Å². The first kappa shape index (κ1) is 14.8. The minimum Gasteiger partial charge on any atom is -0.332 e. The fraction of sp³-hybridized carbons (Fsp3) is 0.333. The van der Waals surface area contributed by atoms with Gasteiger partial charge in [0.15, 0.2) is 5.69 Å². The van der Waals surface area contributed by atoms with Gasteiger partial charge in [-0.2, -0.15) is 0 Å². The SMILES string of the molecule is Cc1c(C(=O)N2CCC2(C)C)nnn1-c1cccc2cccnc12. The summed E-state index contributed by atoms with van der Waals surface area (Å²) in [6, 6.07) is 9.82. The van der Waals surface area contributed by atoms with Gasteiger partial charge in [0.25, 0.3) is 5.91 Å². The number of carbonyl (C=O) groups is 1. The lowest BCUT2D eigenvalue weighted by Crippen LogP contribution is -2.58. The summed E-state index contributed by atoms with van der Waals surface area (Å²) in [7, 11) is 0. The summed E-state index contributed by atoms with van der Waals surface area (Å²) >= 11 is 0. The maximum atomic E-state index is 12.8. The first-order valence-corrected chi connectivity index (χ1v) is 8.07. The molecule has 0 saturated carbocycles. The van der Waals surface area contributed by atoms with E-state index in [2.05, 4.69) is 29.1 Å². The predicted octanol–water partition coefficient (Wildman–Crippen LogP) is 2.75. The van der Waals surface area contributed by atoms with E-state index >= 15 is 0 Å². The van der Waals surface area contributed by atoms with Crippen molar-refractivity contribution in [2.24, 2.45) is 0 Å². The van der Waals surface area contributed by atoms with Gasteiger partial charge in [-0.05, 0) is 39.3 Å². The smallest absolute Gasteiger partial charge is 0.276 e. The Bertz CT molecular complexity index is 938. The van der Waals surface area contributed by atoms with Crippen molar-refractivity contribution in [1.82, 2.24) is 24.9 Å². The second kappa shape index (κ2) is 5.12. The molecule has 1 fully saturated rings. The van der Waals surface area contributed by atoms with E-state index < -0.39 is 0 Å². The molecule has 1 amide bonds. The molecule has 0 atom stereocenters. The van der Waals surface area contributed by atoms with Crippen molar-refractivity contribution in [1.29, 1.82) is 0 Å². The van der Waals surface area contributed by atoms with Gasteiger partial charge in [-0.1, -0.05) is 23.4 Å². The fourth-order valence-electron chi connectivity index (χ4n) is 3.19. The number of aromatic nitrogens is 4. The Morgan fingerprint density at radius 3 is 2.71 bits per heavy atom. The van der Waals surface area contributed by atoms with Crippen LogP contribution in [-0.2, 0) is 0 Å². The van der Waals surface area contributed by atoms with Crippen molar-refractivity contribution >= 4 is 16.8 Å². The van der Waals surface area contributed by atoms with Gasteiger partial charge in [-0.25, -0.2) is 4.68 Å². The van der Waals surface area contributed by atoms with E-state index in [0.717, 1.165) is 35.2 Å². The Kier molecular flexibility index (Phi) is 3.16. The normalized spacial score (nSPS) is 16.2. The number of fused-ring (bicyclic) bond motifs is 1. The highest BCUT2D eigenvalue weighted by Crippen LogP contribution is 2.31. The molecule has 1 saturated heterocycles. The minimum atomic E-state index is -0.103. The van der Waals surface area contributed by atoms with Crippen molar-refractivity contribution in [3.63, 3.8) is 0 Å². The van der Waals surface area contributed by atoms with Crippen LogP contribution >= 0.6 is 0 Å². The van der Waals surface area contributed by atoms with Gasteiger partial charge < -0.3 is 4.90 Å². The van der Waals surface area contributed by atoms with Crippen LogP contribution in [0, 0.1) is 6.92 Å². The summed E-state index contributed by atoms with van der Waals surface area (Å²) in [5, 5.41) is 9.42. The van der Waals surface area contributed by atoms with Gasteiger partial charge in [0.2, 0.25) is 0 Å². The molecule has 0 spiro atoms. The van der Waals surface area contributed by atoms with E-state index in [-0.39, 0.29) is 11.4 Å². The molecule has 0 aliphatic carbocycles. The Morgan fingerprint density at radius 1 is 1.21 bits per heavy atom. The van der Waals surface area contributed by atoms with Crippen molar-refractivity contribution in [2.45, 2.75) is 32.7 Å². The third-order valence-corrected chi connectivity index (χ3v) is 4.86. The van der Waals surface area contributed by atoms with Crippen molar-refractivity contribution in [3.8, 4) is 5.69 Å². The van der Waals surface area contributed by atoms with Crippen LogP contribution in [0.2, 0.25) is 0 Å². The molecule has 1 aliphatic rings. The van der Waals surface area contributed by atoms with Crippen LogP contribution in [0.15, 0.2) is 36.5 Å². The predicted molar refractivity (Wildman–Crippen MR) is 91.1 cm³/mol. The summed E-state index contributed by atoms with van der Waals surface area (Å²) in [5.41, 5.74) is 2.72. The Labute approximate surface area is 140 Å². The number of hydrogen-bond donors (Lipinski definition) is 0. The van der Waals surface area contributed by atoms with Gasteiger partial charge in [0.1, 0.15) is 0 Å². The van der Waals surface area contributed by atoms with Crippen LogP contribution in [0.4, 0.5) is 0 Å². The van der Waals surface area contributed by atoms with Gasteiger partial charge >= 0.3 is 0 Å². The van der Waals surface area contributed by atoms with Crippen molar-refractivity contribution < 1.29 is 4.79 Å². The van der Waals surface area contributed by atoms with Crippen LogP contribution in [0.25, 0.3) is 16.6 Å². The summed E-state index contributed by atoms with van der Waals surface area (Å²) in [5.74, 6) is -0.0526. The average molecular weight is 321 g/mol. The standard InChI is InChI=1S/C18H19N5O/c1-12-15(17(24)22-11-9-18(22,2)3)20-21-23(12)14-8-4-6-13-7-5-10-19-16(13)14/h4-8,10H,9,11H2,1-3H3. The molecular weight excluding hydrogens is 302 g/mol. The lowest BCUT2D eigenvalue weighted by atomic mass is 9.88. The summed E-state index contributed by atoms with van der Waals surface area (Å²) in [6.07, 6.45) is 2.77. The number of pyridine rings is 1. The van der Waals surface area contributed by atoms with Crippen LogP contribution in [0.1, 0.15) is 36.5 Å². The molecule has 0 bridgehead atoms. The molecule has 6 heteroatoms. The minimum absolute atomic E-state index is 0.0526. The largest absolute Gasteiger partial charge is 0.332 e. The number of amides is 1. The van der Waals surface area contributed by atoms with E-state index in [1.165, 1.54) is 0 Å². The van der Waals surface area contributed by atoms with Crippen LogP contribution < -0.4 is 0 Å². The van der Waals surface area contributed by atoms with E-state index in [0.29, 0.717) is 5.69 Å². The van der Waals surface area contributed by atoms with Gasteiger partial charge in [-0.3, -0.25) is 9.78 Å². The molecule has 0 radical (unpaired) electrons. The van der Waals surface area contributed by atoms with Crippen LogP contribution in [0.5, 0.6) is 0 Å². The van der Waals surface area contributed by atoms with Gasteiger partial charge in [-0.15, -0.1) is 5.10 Å². The maximum Gasteiger partial charge on any atom is 0.276 e. The topological polar surface area (TPSA) is 63.9 Å². The lowest BCUT2D eigenvalue weighted by molar-refractivity contribution is 0.0151. The summed E-state index contributed by atoms with van der Waals surface area (Å²) < 4.78 is 1.70. The molecular formula is C18H19N5O. The first-order chi connectivity index (χ1) is 11.5. The zero-order valence-corrected chi connectivity index (χ0v) is 14.0. The number of para-hydroxylation sites is 1.